The highest BCUT2D eigenvalue weighted by Crippen LogP contribution is 2.31. The van der Waals surface area contributed by atoms with Crippen molar-refractivity contribution in [2.45, 2.75) is 4.90 Å². The summed E-state index contributed by atoms with van der Waals surface area (Å²) in [7, 11) is -4.36. The van der Waals surface area contributed by atoms with E-state index < -0.39 is 36.1 Å². The molecule has 33 heavy (non-hydrogen) atoms. The Labute approximate surface area is 199 Å². The molecule has 7 heteroatoms. The van der Waals surface area contributed by atoms with Crippen LogP contribution in [-0.2, 0) is 12.6 Å². The fourth-order valence-electron chi connectivity index (χ4n) is 3.70. The Hall–Kier alpha value is -3.14. The first-order valence-electron chi connectivity index (χ1n) is 10.0. The van der Waals surface area contributed by atoms with Crippen molar-refractivity contribution in [2.24, 2.45) is 0 Å². The van der Waals surface area contributed by atoms with Crippen LogP contribution in [-0.4, -0.2) is 20.0 Å². The average Bonchev–Trinajstić information content (AvgIpc) is 2.86. The van der Waals surface area contributed by atoms with Gasteiger partial charge >= 0.3 is 30.4 Å². The predicted octanol–water partition coefficient (Wildman–Crippen LogP) is 1.45. The van der Waals surface area contributed by atoms with Crippen LogP contribution in [0.1, 0.15) is 31.8 Å². The fourth-order valence-corrected chi connectivity index (χ4v) is 10.9. The van der Waals surface area contributed by atoms with E-state index >= 15 is 0 Å². The monoisotopic (exact) mass is 568 g/mol. The minimum Gasteiger partial charge on any atom is -0.289 e. The highest BCUT2D eigenvalue weighted by atomic mass is 127. The zero-order chi connectivity index (χ0) is 23.0. The average molecular weight is 568 g/mol. The van der Waals surface area contributed by atoms with Gasteiger partial charge in [0, 0.05) is 16.7 Å². The molecule has 0 atom stereocenters. The van der Waals surface area contributed by atoms with Gasteiger partial charge in [0.1, 0.15) is 4.90 Å². The van der Waals surface area contributed by atoms with Crippen molar-refractivity contribution >= 4 is 21.7 Å². The molecule has 0 N–H and O–H groups in total. The molecule has 5 rings (SSSR count). The van der Waals surface area contributed by atoms with E-state index in [-0.39, 0.29) is 32.9 Å². The summed E-state index contributed by atoms with van der Waals surface area (Å²) in [4.78, 5) is 26.0. The zero-order valence-corrected chi connectivity index (χ0v) is 20.1. The SMILES string of the molecule is O=C1c2ccccc2C(=O)c2c1cccc2S(=O)(=O)O[I+](c1ccccc1)c1ccccc1. The van der Waals surface area contributed by atoms with Crippen molar-refractivity contribution < 1.29 is 40.8 Å². The molecule has 0 saturated heterocycles. The van der Waals surface area contributed by atoms with E-state index in [4.69, 9.17) is 2.51 Å². The molecule has 0 aliphatic heterocycles. The number of carbonyl (C=O) groups is 2. The Balaban J connectivity index is 1.63. The van der Waals surface area contributed by atoms with E-state index in [0.717, 1.165) is 7.14 Å². The fraction of sp³-hybridized carbons (Fsp3) is 0. The molecule has 1 aliphatic rings. The molecule has 0 saturated carbocycles. The molecular weight excluding hydrogens is 551 g/mol. The van der Waals surface area contributed by atoms with Gasteiger partial charge in [0.25, 0.3) is 0 Å². The van der Waals surface area contributed by atoms with E-state index in [0.29, 0.717) is 0 Å². The van der Waals surface area contributed by atoms with Crippen molar-refractivity contribution in [3.63, 3.8) is 0 Å². The third-order valence-corrected chi connectivity index (χ3v) is 12.6. The Bertz CT molecular complexity index is 1440. The molecule has 1 aliphatic carbocycles. The smallest absolute Gasteiger partial charge is 0.289 e. The highest BCUT2D eigenvalue weighted by molar-refractivity contribution is 7.86. The number of halogens is 1. The molecule has 1 radical (unpaired) electrons. The minimum atomic E-state index is -4.36. The second kappa shape index (κ2) is 8.66. The van der Waals surface area contributed by atoms with E-state index in [2.05, 4.69) is 0 Å². The van der Waals surface area contributed by atoms with Crippen LogP contribution in [0.3, 0.4) is 0 Å². The molecule has 163 valence electrons. The summed E-state index contributed by atoms with van der Waals surface area (Å²) in [6, 6.07) is 29.2. The lowest BCUT2D eigenvalue weighted by atomic mass is 9.84. The minimum absolute atomic E-state index is 0.0724. The molecule has 4 aromatic rings. The van der Waals surface area contributed by atoms with Crippen molar-refractivity contribution in [1.82, 2.24) is 0 Å². The maximum absolute atomic E-state index is 13.6. The van der Waals surface area contributed by atoms with Crippen LogP contribution in [0.4, 0.5) is 0 Å². The van der Waals surface area contributed by atoms with Crippen LogP contribution in [0.5, 0.6) is 0 Å². The molecule has 5 nitrogen and oxygen atoms in total. The van der Waals surface area contributed by atoms with Crippen LogP contribution in [0.15, 0.2) is 108 Å². The van der Waals surface area contributed by atoms with Crippen LogP contribution in [0.25, 0.3) is 0 Å². The van der Waals surface area contributed by atoms with Gasteiger partial charge in [-0.3, -0.25) is 9.59 Å². The van der Waals surface area contributed by atoms with Gasteiger partial charge in [0.05, 0.1) is 5.56 Å². The van der Waals surface area contributed by atoms with E-state index in [1.807, 2.05) is 60.7 Å². The van der Waals surface area contributed by atoms with Gasteiger partial charge in [0.2, 0.25) is 0 Å². The molecule has 0 amide bonds. The quantitative estimate of drug-likeness (QED) is 0.300. The van der Waals surface area contributed by atoms with Gasteiger partial charge in [-0.25, -0.2) is 0 Å². The Morgan fingerprint density at radius 2 is 1.03 bits per heavy atom. The first-order chi connectivity index (χ1) is 16.0. The van der Waals surface area contributed by atoms with Gasteiger partial charge in [-0.05, 0) is 32.8 Å². The molecule has 0 unspecified atom stereocenters. The first-order valence-corrected chi connectivity index (χ1v) is 14.5. The number of ketones is 2. The van der Waals surface area contributed by atoms with E-state index in [1.54, 1.807) is 18.2 Å². The Kier molecular flexibility index (Phi) is 5.69. The first kappa shape index (κ1) is 21.7. The largest absolute Gasteiger partial charge is 0.336 e. The second-order valence-electron chi connectivity index (χ2n) is 7.24. The topological polar surface area (TPSA) is 77.5 Å². The third kappa shape index (κ3) is 3.92. The Morgan fingerprint density at radius 3 is 1.61 bits per heavy atom. The zero-order valence-electron chi connectivity index (χ0n) is 17.1. The van der Waals surface area contributed by atoms with Crippen LogP contribution in [0.2, 0.25) is 0 Å². The van der Waals surface area contributed by atoms with Crippen molar-refractivity contribution in [2.75, 3.05) is 0 Å². The van der Waals surface area contributed by atoms with Crippen LogP contribution >= 0.6 is 0 Å². The third-order valence-electron chi connectivity index (χ3n) is 5.19. The summed E-state index contributed by atoms with van der Waals surface area (Å²) in [6.45, 7) is 0. The lowest BCUT2D eigenvalue weighted by Crippen LogP contribution is -3.85. The molecule has 0 bridgehead atoms. The summed E-state index contributed by atoms with van der Waals surface area (Å²) in [5.74, 6) is -0.874. The molecule has 0 spiro atoms. The summed E-state index contributed by atoms with van der Waals surface area (Å²) >= 11 is -2.90. The Morgan fingerprint density at radius 1 is 0.545 bits per heavy atom. The summed E-state index contributed by atoms with van der Waals surface area (Å²) in [5, 5.41) is 0. The van der Waals surface area contributed by atoms with E-state index in [1.165, 1.54) is 24.3 Å². The van der Waals surface area contributed by atoms with Gasteiger partial charge < -0.3 is 0 Å². The molecule has 0 aromatic heterocycles. The molecule has 0 fully saturated rings. The highest BCUT2D eigenvalue weighted by Gasteiger charge is 2.41. The maximum atomic E-state index is 13.6. The van der Waals surface area contributed by atoms with Gasteiger partial charge in [-0.15, -0.1) is 0 Å². The summed E-state index contributed by atoms with van der Waals surface area (Å²) < 4.78 is 34.7. The standard InChI is InChI=1S/C26H17IO5S/c28-25-20-14-7-8-15-21(20)26(29)24-22(25)16-9-17-23(24)33(30,31)32-27(18-10-3-1-4-11-18)19-12-5-2-6-13-19/h1-17H/q+1. The molecule has 4 aromatic carbocycles. The van der Waals surface area contributed by atoms with E-state index in [9.17, 15) is 18.0 Å². The van der Waals surface area contributed by atoms with Crippen LogP contribution < -0.4 is 20.2 Å². The normalized spacial score (nSPS) is 13.0. The number of rotatable bonds is 5. The molecular formula is C26H17IO5S+. The summed E-state index contributed by atoms with van der Waals surface area (Å²) in [6.07, 6.45) is 0. The maximum Gasteiger partial charge on any atom is 0.336 e. The number of hydrogen-bond acceptors (Lipinski definition) is 5. The molecule has 0 heterocycles. The van der Waals surface area contributed by atoms with Crippen molar-refractivity contribution in [3.05, 3.63) is 133 Å². The van der Waals surface area contributed by atoms with Crippen molar-refractivity contribution in [3.8, 4) is 0 Å². The second-order valence-corrected chi connectivity index (χ2v) is 13.7. The summed E-state index contributed by atoms with van der Waals surface area (Å²) in [5.41, 5.74) is 0.410. The number of fused-ring (bicyclic) bond motifs is 2. The lowest BCUT2D eigenvalue weighted by molar-refractivity contribution is -1.03. The van der Waals surface area contributed by atoms with Gasteiger partial charge in [-0.2, -0.15) is 8.42 Å². The van der Waals surface area contributed by atoms with Crippen LogP contribution in [0, 0.1) is 7.14 Å². The van der Waals surface area contributed by atoms with Gasteiger partial charge in [-0.1, -0.05) is 72.8 Å². The number of benzene rings is 4. The number of hydrogen-bond donors (Lipinski definition) is 0. The van der Waals surface area contributed by atoms with Crippen molar-refractivity contribution in [1.29, 1.82) is 0 Å². The van der Waals surface area contributed by atoms with Gasteiger partial charge in [0.15, 0.2) is 18.7 Å². The lowest BCUT2D eigenvalue weighted by Gasteiger charge is -2.19. The predicted molar refractivity (Wildman–Crippen MR) is 118 cm³/mol. The number of carbonyl (C=O) groups excluding carboxylic acids is 2.